The highest BCUT2D eigenvalue weighted by molar-refractivity contribution is 6.30. The van der Waals surface area contributed by atoms with Crippen molar-refractivity contribution < 1.29 is 22.7 Å². The van der Waals surface area contributed by atoms with Crippen LogP contribution in [0, 0.1) is 0 Å². The van der Waals surface area contributed by atoms with E-state index in [1.807, 2.05) is 0 Å². The van der Waals surface area contributed by atoms with Gasteiger partial charge < -0.3 is 10.1 Å². The minimum absolute atomic E-state index is 0.0455. The summed E-state index contributed by atoms with van der Waals surface area (Å²) in [6.45, 7) is 0. The highest BCUT2D eigenvalue weighted by atomic mass is 35.5. The van der Waals surface area contributed by atoms with Crippen LogP contribution >= 0.6 is 11.6 Å². The molecule has 4 nitrogen and oxygen atoms in total. The Hall–Kier alpha value is -3.06. The van der Waals surface area contributed by atoms with E-state index in [1.54, 1.807) is 30.3 Å². The molecule has 1 amide bonds. The number of carbonyl (C=O) groups excluding carboxylic acids is 1. The minimum atomic E-state index is -4.44. The van der Waals surface area contributed by atoms with E-state index in [9.17, 15) is 18.0 Å². The molecule has 1 heterocycles. The van der Waals surface area contributed by atoms with Gasteiger partial charge in [0, 0.05) is 16.9 Å². The van der Waals surface area contributed by atoms with Crippen molar-refractivity contribution in [3.05, 3.63) is 83.0 Å². The smallest absolute Gasteiger partial charge is 0.416 e. The molecular weight excluding hydrogens is 381 g/mol. The maximum atomic E-state index is 12.6. The molecule has 8 heteroatoms. The average Bonchev–Trinajstić information content (AvgIpc) is 2.62. The van der Waals surface area contributed by atoms with Crippen molar-refractivity contribution in [2.45, 2.75) is 6.18 Å². The summed E-state index contributed by atoms with van der Waals surface area (Å²) >= 11 is 5.91. The first kappa shape index (κ1) is 18.7. The molecule has 0 atom stereocenters. The number of ether oxygens (including phenoxy) is 1. The Morgan fingerprint density at radius 1 is 1.04 bits per heavy atom. The van der Waals surface area contributed by atoms with Crippen molar-refractivity contribution in [3.63, 3.8) is 0 Å². The van der Waals surface area contributed by atoms with Gasteiger partial charge in [0.1, 0.15) is 11.3 Å². The lowest BCUT2D eigenvalue weighted by atomic mass is 10.2. The number of nitrogens with zero attached hydrogens (tertiary/aromatic N) is 1. The zero-order valence-electron chi connectivity index (χ0n) is 13.6. The standard InChI is InChI=1S/C19H12ClF3N2O2/c20-13-3-1-4-15(11-13)27-18-16(5-2-10-24-18)17(26)25-14-8-6-12(7-9-14)19(21,22)23/h1-11H,(H,25,26). The van der Waals surface area contributed by atoms with E-state index in [0.717, 1.165) is 12.1 Å². The van der Waals surface area contributed by atoms with Crippen molar-refractivity contribution in [2.24, 2.45) is 0 Å². The number of hydrogen-bond donors (Lipinski definition) is 1. The number of benzene rings is 2. The number of amides is 1. The van der Waals surface area contributed by atoms with Gasteiger partial charge in [-0.15, -0.1) is 0 Å². The summed E-state index contributed by atoms with van der Waals surface area (Å²) < 4.78 is 43.4. The summed E-state index contributed by atoms with van der Waals surface area (Å²) in [4.78, 5) is 16.5. The second-order valence-corrected chi connectivity index (χ2v) is 5.88. The van der Waals surface area contributed by atoms with Gasteiger partial charge >= 0.3 is 6.18 Å². The minimum Gasteiger partial charge on any atom is -0.438 e. The molecule has 138 valence electrons. The first-order valence-corrected chi connectivity index (χ1v) is 8.08. The topological polar surface area (TPSA) is 51.2 Å². The number of hydrogen-bond acceptors (Lipinski definition) is 3. The molecule has 0 saturated heterocycles. The number of halogens is 4. The first-order valence-electron chi connectivity index (χ1n) is 7.70. The summed E-state index contributed by atoms with van der Waals surface area (Å²) in [6, 6.07) is 13.7. The maximum Gasteiger partial charge on any atom is 0.416 e. The fraction of sp³-hybridized carbons (Fsp3) is 0.0526. The number of aromatic nitrogens is 1. The Morgan fingerprint density at radius 2 is 1.78 bits per heavy atom. The van der Waals surface area contributed by atoms with Crippen LogP contribution in [0.15, 0.2) is 66.9 Å². The largest absolute Gasteiger partial charge is 0.438 e. The van der Waals surface area contributed by atoms with E-state index in [-0.39, 0.29) is 17.1 Å². The quantitative estimate of drug-likeness (QED) is 0.610. The molecule has 1 N–H and O–H groups in total. The van der Waals surface area contributed by atoms with E-state index in [1.165, 1.54) is 24.4 Å². The Labute approximate surface area is 157 Å². The fourth-order valence-electron chi connectivity index (χ4n) is 2.23. The third-order valence-electron chi connectivity index (χ3n) is 3.50. The average molecular weight is 393 g/mol. The maximum absolute atomic E-state index is 12.6. The number of nitrogens with one attached hydrogen (secondary N) is 1. The molecule has 0 bridgehead atoms. The molecule has 0 radical (unpaired) electrons. The lowest BCUT2D eigenvalue weighted by Gasteiger charge is -2.11. The van der Waals surface area contributed by atoms with Crippen molar-refractivity contribution in [3.8, 4) is 11.6 Å². The predicted octanol–water partition coefficient (Wildman–Crippen LogP) is 5.80. The van der Waals surface area contributed by atoms with Gasteiger partial charge in [-0.05, 0) is 54.6 Å². The third kappa shape index (κ3) is 4.77. The summed E-state index contributed by atoms with van der Waals surface area (Å²) in [5.41, 5.74) is -0.463. The Balaban J connectivity index is 1.79. The third-order valence-corrected chi connectivity index (χ3v) is 3.73. The molecule has 0 aliphatic carbocycles. The highest BCUT2D eigenvalue weighted by Gasteiger charge is 2.30. The van der Waals surface area contributed by atoms with Crippen molar-refractivity contribution in [2.75, 3.05) is 5.32 Å². The summed E-state index contributed by atoms with van der Waals surface area (Å²) in [6.07, 6.45) is -2.99. The van der Waals surface area contributed by atoms with Crippen molar-refractivity contribution >= 4 is 23.2 Å². The van der Waals surface area contributed by atoms with Gasteiger partial charge in [0.15, 0.2) is 0 Å². The molecule has 3 rings (SSSR count). The monoisotopic (exact) mass is 392 g/mol. The van der Waals surface area contributed by atoms with Crippen LogP contribution in [0.4, 0.5) is 18.9 Å². The predicted molar refractivity (Wildman–Crippen MR) is 95.2 cm³/mol. The van der Waals surface area contributed by atoms with Gasteiger partial charge in [-0.1, -0.05) is 17.7 Å². The lowest BCUT2D eigenvalue weighted by molar-refractivity contribution is -0.137. The number of alkyl halides is 3. The molecule has 3 aromatic rings. The van der Waals surface area contributed by atoms with Gasteiger partial charge in [-0.3, -0.25) is 4.79 Å². The molecule has 0 fully saturated rings. The summed E-state index contributed by atoms with van der Waals surface area (Å²) in [7, 11) is 0. The van der Waals surface area contributed by atoms with E-state index in [4.69, 9.17) is 16.3 Å². The zero-order valence-corrected chi connectivity index (χ0v) is 14.4. The number of pyridine rings is 1. The van der Waals surface area contributed by atoms with Crippen LogP contribution in [0.25, 0.3) is 0 Å². The van der Waals surface area contributed by atoms with E-state index >= 15 is 0 Å². The molecule has 0 unspecified atom stereocenters. The zero-order chi connectivity index (χ0) is 19.4. The second-order valence-electron chi connectivity index (χ2n) is 5.44. The van der Waals surface area contributed by atoms with Gasteiger partial charge in [0.2, 0.25) is 5.88 Å². The van der Waals surface area contributed by atoms with Crippen LogP contribution in [0.2, 0.25) is 5.02 Å². The van der Waals surface area contributed by atoms with Crippen LogP contribution in [0.5, 0.6) is 11.6 Å². The summed E-state index contributed by atoms with van der Waals surface area (Å²) in [5, 5.41) is 2.98. The van der Waals surface area contributed by atoms with Crippen LogP contribution < -0.4 is 10.1 Å². The van der Waals surface area contributed by atoms with E-state index in [2.05, 4.69) is 10.3 Å². The molecular formula is C19H12ClF3N2O2. The number of carbonyl (C=O) groups is 1. The Kier molecular flexibility index (Phi) is 5.32. The molecule has 0 saturated carbocycles. The molecule has 2 aromatic carbocycles. The molecule has 0 spiro atoms. The SMILES string of the molecule is O=C(Nc1ccc(C(F)(F)F)cc1)c1cccnc1Oc1cccc(Cl)c1. The molecule has 27 heavy (non-hydrogen) atoms. The van der Waals surface area contributed by atoms with Crippen LogP contribution in [-0.2, 0) is 6.18 Å². The van der Waals surface area contributed by atoms with Gasteiger partial charge in [-0.2, -0.15) is 13.2 Å². The van der Waals surface area contributed by atoms with Crippen LogP contribution in [0.1, 0.15) is 15.9 Å². The number of rotatable bonds is 4. The van der Waals surface area contributed by atoms with Crippen molar-refractivity contribution in [1.29, 1.82) is 0 Å². The molecule has 0 aliphatic heterocycles. The Bertz CT molecular complexity index is 960. The van der Waals surface area contributed by atoms with Gasteiger partial charge in [0.25, 0.3) is 5.91 Å². The Morgan fingerprint density at radius 3 is 2.44 bits per heavy atom. The lowest BCUT2D eigenvalue weighted by Crippen LogP contribution is -2.14. The van der Waals surface area contributed by atoms with Gasteiger partial charge in [0.05, 0.1) is 5.56 Å². The summed E-state index contributed by atoms with van der Waals surface area (Å²) in [5.74, 6) is -0.131. The van der Waals surface area contributed by atoms with E-state index < -0.39 is 17.6 Å². The van der Waals surface area contributed by atoms with Crippen LogP contribution in [0.3, 0.4) is 0 Å². The second kappa shape index (κ2) is 7.67. The molecule has 0 aliphatic rings. The van der Waals surface area contributed by atoms with Gasteiger partial charge in [-0.25, -0.2) is 4.98 Å². The molecule has 1 aromatic heterocycles. The number of anilines is 1. The normalized spacial score (nSPS) is 11.1. The van der Waals surface area contributed by atoms with E-state index in [0.29, 0.717) is 10.8 Å². The van der Waals surface area contributed by atoms with Crippen molar-refractivity contribution in [1.82, 2.24) is 4.98 Å². The fourth-order valence-corrected chi connectivity index (χ4v) is 2.41. The van der Waals surface area contributed by atoms with Crippen LogP contribution in [-0.4, -0.2) is 10.9 Å². The highest BCUT2D eigenvalue weighted by Crippen LogP contribution is 2.30. The first-order chi connectivity index (χ1) is 12.8.